The summed E-state index contributed by atoms with van der Waals surface area (Å²) >= 11 is 5.57. The number of benzene rings is 2. The molecule has 0 spiro atoms. The molecule has 3 rings (SSSR count). The van der Waals surface area contributed by atoms with E-state index in [1.54, 1.807) is 0 Å². The van der Waals surface area contributed by atoms with Gasteiger partial charge in [0, 0.05) is 20.7 Å². The Morgan fingerprint density at radius 2 is 2.10 bits per heavy atom. The highest BCUT2D eigenvalue weighted by Crippen LogP contribution is 2.38. The van der Waals surface area contributed by atoms with E-state index >= 15 is 0 Å². The molecule has 0 radical (unpaired) electrons. The molecule has 2 aromatic rings. The van der Waals surface area contributed by atoms with Gasteiger partial charge in [-0.05, 0) is 49.2 Å². The SMILES string of the molecule is CNC(Cc1cccc(Br)c1)C1Cc2ccccc2S1. The number of thioether (sulfide) groups is 1. The summed E-state index contributed by atoms with van der Waals surface area (Å²) in [5, 5.41) is 4.13. The molecule has 0 saturated heterocycles. The first kappa shape index (κ1) is 14.2. The van der Waals surface area contributed by atoms with Crippen LogP contribution < -0.4 is 5.32 Å². The van der Waals surface area contributed by atoms with E-state index in [1.807, 2.05) is 11.8 Å². The predicted molar refractivity (Wildman–Crippen MR) is 90.5 cm³/mol. The maximum absolute atomic E-state index is 3.56. The third-order valence-corrected chi connectivity index (χ3v) is 5.78. The third-order valence-electron chi connectivity index (χ3n) is 3.84. The zero-order valence-electron chi connectivity index (χ0n) is 11.5. The maximum Gasteiger partial charge on any atom is 0.0292 e. The molecule has 1 heterocycles. The van der Waals surface area contributed by atoms with Gasteiger partial charge in [-0.15, -0.1) is 11.8 Å². The maximum atomic E-state index is 3.56. The minimum Gasteiger partial charge on any atom is -0.316 e. The molecule has 0 fully saturated rings. The summed E-state index contributed by atoms with van der Waals surface area (Å²) in [6.45, 7) is 0. The molecular weight excluding hydrogens is 330 g/mol. The van der Waals surface area contributed by atoms with Crippen LogP contribution in [-0.2, 0) is 12.8 Å². The summed E-state index contributed by atoms with van der Waals surface area (Å²) in [6.07, 6.45) is 2.24. The van der Waals surface area contributed by atoms with Crippen molar-refractivity contribution in [3.63, 3.8) is 0 Å². The molecule has 3 heteroatoms. The molecule has 0 aromatic heterocycles. The Bertz CT molecular complexity index is 574. The lowest BCUT2D eigenvalue weighted by molar-refractivity contribution is 0.537. The van der Waals surface area contributed by atoms with Gasteiger partial charge in [0.25, 0.3) is 0 Å². The highest BCUT2D eigenvalue weighted by Gasteiger charge is 2.28. The van der Waals surface area contributed by atoms with E-state index in [-0.39, 0.29) is 0 Å². The number of likely N-dealkylation sites (N-methyl/N-ethyl adjacent to an activating group) is 1. The molecular formula is C17H18BrNS. The van der Waals surface area contributed by atoms with Gasteiger partial charge in [-0.1, -0.05) is 46.3 Å². The van der Waals surface area contributed by atoms with Crippen molar-refractivity contribution in [3.8, 4) is 0 Å². The number of nitrogens with one attached hydrogen (secondary N) is 1. The fourth-order valence-electron chi connectivity index (χ4n) is 2.77. The Morgan fingerprint density at radius 3 is 2.85 bits per heavy atom. The zero-order valence-corrected chi connectivity index (χ0v) is 13.9. The highest BCUT2D eigenvalue weighted by atomic mass is 79.9. The molecule has 2 unspecified atom stereocenters. The van der Waals surface area contributed by atoms with Gasteiger partial charge in [-0.25, -0.2) is 0 Å². The fraction of sp³-hybridized carbons (Fsp3) is 0.294. The Morgan fingerprint density at radius 1 is 1.25 bits per heavy atom. The normalized spacial score (nSPS) is 18.8. The first-order chi connectivity index (χ1) is 9.76. The van der Waals surface area contributed by atoms with Gasteiger partial charge in [0.05, 0.1) is 0 Å². The number of hydrogen-bond acceptors (Lipinski definition) is 2. The van der Waals surface area contributed by atoms with Crippen LogP contribution in [0.1, 0.15) is 11.1 Å². The van der Waals surface area contributed by atoms with Crippen LogP contribution in [0.2, 0.25) is 0 Å². The van der Waals surface area contributed by atoms with Gasteiger partial charge in [-0.3, -0.25) is 0 Å². The quantitative estimate of drug-likeness (QED) is 0.884. The van der Waals surface area contributed by atoms with Crippen LogP contribution in [-0.4, -0.2) is 18.3 Å². The van der Waals surface area contributed by atoms with Gasteiger partial charge in [-0.2, -0.15) is 0 Å². The van der Waals surface area contributed by atoms with E-state index in [0.29, 0.717) is 11.3 Å². The van der Waals surface area contributed by atoms with Crippen LogP contribution in [0.4, 0.5) is 0 Å². The lowest BCUT2D eigenvalue weighted by Gasteiger charge is -2.22. The topological polar surface area (TPSA) is 12.0 Å². The van der Waals surface area contributed by atoms with E-state index in [4.69, 9.17) is 0 Å². The van der Waals surface area contributed by atoms with Crippen molar-refractivity contribution >= 4 is 27.7 Å². The highest BCUT2D eigenvalue weighted by molar-refractivity contribution is 9.10. The van der Waals surface area contributed by atoms with Gasteiger partial charge < -0.3 is 5.32 Å². The fourth-order valence-corrected chi connectivity index (χ4v) is 4.66. The second-order valence-electron chi connectivity index (χ2n) is 5.20. The average molecular weight is 348 g/mol. The van der Waals surface area contributed by atoms with Crippen molar-refractivity contribution < 1.29 is 0 Å². The smallest absolute Gasteiger partial charge is 0.0292 e. The lowest BCUT2D eigenvalue weighted by Crippen LogP contribution is -2.37. The molecule has 0 saturated carbocycles. The molecule has 0 amide bonds. The molecule has 0 aliphatic carbocycles. The number of hydrogen-bond donors (Lipinski definition) is 1. The monoisotopic (exact) mass is 347 g/mol. The van der Waals surface area contributed by atoms with E-state index in [0.717, 1.165) is 10.9 Å². The van der Waals surface area contributed by atoms with Crippen molar-refractivity contribution in [3.05, 3.63) is 64.1 Å². The zero-order chi connectivity index (χ0) is 13.9. The first-order valence-corrected chi connectivity index (χ1v) is 8.60. The van der Waals surface area contributed by atoms with E-state index in [9.17, 15) is 0 Å². The van der Waals surface area contributed by atoms with Crippen LogP contribution in [0, 0.1) is 0 Å². The standard InChI is InChI=1S/C17H18BrNS/c1-19-15(10-12-5-4-7-14(18)9-12)17-11-13-6-2-3-8-16(13)20-17/h2-9,15,17,19H,10-11H2,1H3. The van der Waals surface area contributed by atoms with Gasteiger partial charge >= 0.3 is 0 Å². The van der Waals surface area contributed by atoms with E-state index in [1.165, 1.54) is 22.4 Å². The van der Waals surface area contributed by atoms with Crippen LogP contribution in [0.25, 0.3) is 0 Å². The molecule has 1 nitrogen and oxygen atoms in total. The minimum atomic E-state index is 0.502. The van der Waals surface area contributed by atoms with E-state index in [2.05, 4.69) is 76.8 Å². The predicted octanol–water partition coefficient (Wildman–Crippen LogP) is 4.30. The summed E-state index contributed by atoms with van der Waals surface area (Å²) < 4.78 is 1.16. The van der Waals surface area contributed by atoms with Crippen molar-refractivity contribution in [2.45, 2.75) is 29.0 Å². The molecule has 2 aromatic carbocycles. The number of rotatable bonds is 4. The molecule has 1 aliphatic rings. The van der Waals surface area contributed by atoms with Gasteiger partial charge in [0.2, 0.25) is 0 Å². The van der Waals surface area contributed by atoms with Gasteiger partial charge in [0.1, 0.15) is 0 Å². The molecule has 1 N–H and O–H groups in total. The number of fused-ring (bicyclic) bond motifs is 1. The average Bonchev–Trinajstić information content (AvgIpc) is 2.88. The largest absolute Gasteiger partial charge is 0.316 e. The van der Waals surface area contributed by atoms with Crippen LogP contribution in [0.5, 0.6) is 0 Å². The molecule has 104 valence electrons. The van der Waals surface area contributed by atoms with E-state index < -0.39 is 0 Å². The Labute approximate surface area is 133 Å². The van der Waals surface area contributed by atoms with Crippen LogP contribution >= 0.6 is 27.7 Å². The summed E-state index contributed by atoms with van der Waals surface area (Å²) in [5.41, 5.74) is 2.88. The minimum absolute atomic E-state index is 0.502. The molecule has 2 atom stereocenters. The van der Waals surface area contributed by atoms with Crippen LogP contribution in [0.3, 0.4) is 0 Å². The summed E-state index contributed by atoms with van der Waals surface area (Å²) in [5.74, 6) is 0. The second-order valence-corrected chi connectivity index (χ2v) is 7.39. The van der Waals surface area contributed by atoms with Crippen molar-refractivity contribution in [2.24, 2.45) is 0 Å². The summed E-state index contributed by atoms with van der Waals surface area (Å²) in [4.78, 5) is 1.45. The molecule has 0 bridgehead atoms. The Hall–Kier alpha value is -0.770. The van der Waals surface area contributed by atoms with Gasteiger partial charge in [0.15, 0.2) is 0 Å². The Kier molecular flexibility index (Phi) is 4.49. The van der Waals surface area contributed by atoms with Crippen LogP contribution in [0.15, 0.2) is 57.9 Å². The summed E-state index contributed by atoms with van der Waals surface area (Å²) in [7, 11) is 2.08. The molecule has 20 heavy (non-hydrogen) atoms. The van der Waals surface area contributed by atoms with Crippen molar-refractivity contribution in [2.75, 3.05) is 7.05 Å². The third kappa shape index (κ3) is 3.11. The first-order valence-electron chi connectivity index (χ1n) is 6.92. The number of halogens is 1. The van der Waals surface area contributed by atoms with Crippen molar-refractivity contribution in [1.29, 1.82) is 0 Å². The second kappa shape index (κ2) is 6.33. The lowest BCUT2D eigenvalue weighted by atomic mass is 9.99. The Balaban J connectivity index is 1.72. The summed E-state index contributed by atoms with van der Waals surface area (Å²) in [6, 6.07) is 17.9. The van der Waals surface area contributed by atoms with Crippen molar-refractivity contribution in [1.82, 2.24) is 5.32 Å². The molecule has 1 aliphatic heterocycles.